The van der Waals surface area contributed by atoms with Gasteiger partial charge >= 0.3 is 0 Å². The van der Waals surface area contributed by atoms with Gasteiger partial charge in [0.05, 0.1) is 0 Å². The molecule has 0 saturated carbocycles. The van der Waals surface area contributed by atoms with Crippen molar-refractivity contribution in [2.45, 2.75) is 0 Å². The highest BCUT2D eigenvalue weighted by Crippen LogP contribution is 2.17. The number of hydrogen-bond donors (Lipinski definition) is 1. The Morgan fingerprint density at radius 2 is 2.25 bits per heavy atom. The standard InChI is InChI=1S/C8H6ClN3/c9-7-3-1-2-6(4-7)8-10-5-11-12-8/h1-5H,(H,10,11,12). The van der Waals surface area contributed by atoms with Crippen molar-refractivity contribution in [1.82, 2.24) is 15.2 Å². The largest absolute Gasteiger partial charge is 0.259 e. The molecule has 0 saturated heterocycles. The highest BCUT2D eigenvalue weighted by atomic mass is 35.5. The van der Waals surface area contributed by atoms with E-state index in [1.165, 1.54) is 6.33 Å². The second-order valence-electron chi connectivity index (χ2n) is 2.34. The van der Waals surface area contributed by atoms with Gasteiger partial charge in [-0.05, 0) is 12.1 Å². The molecule has 1 N–H and O–H groups in total. The summed E-state index contributed by atoms with van der Waals surface area (Å²) >= 11 is 5.80. The van der Waals surface area contributed by atoms with Crippen LogP contribution >= 0.6 is 11.6 Å². The molecule has 0 atom stereocenters. The van der Waals surface area contributed by atoms with Crippen LogP contribution in [-0.4, -0.2) is 15.2 Å². The third-order valence-electron chi connectivity index (χ3n) is 1.51. The van der Waals surface area contributed by atoms with Gasteiger partial charge in [-0.3, -0.25) is 5.10 Å². The van der Waals surface area contributed by atoms with Gasteiger partial charge in [-0.25, -0.2) is 4.98 Å². The maximum atomic E-state index is 5.80. The molecule has 60 valence electrons. The van der Waals surface area contributed by atoms with Crippen LogP contribution in [-0.2, 0) is 0 Å². The first kappa shape index (κ1) is 7.31. The summed E-state index contributed by atoms with van der Waals surface area (Å²) in [5, 5.41) is 7.21. The number of nitrogens with one attached hydrogen (secondary N) is 1. The predicted molar refractivity (Wildman–Crippen MR) is 46.8 cm³/mol. The summed E-state index contributed by atoms with van der Waals surface area (Å²) < 4.78 is 0. The summed E-state index contributed by atoms with van der Waals surface area (Å²) in [5.74, 6) is 0.734. The lowest BCUT2D eigenvalue weighted by Gasteiger charge is -1.94. The molecule has 1 aromatic carbocycles. The average Bonchev–Trinajstić information content (AvgIpc) is 2.56. The minimum absolute atomic E-state index is 0.698. The summed E-state index contributed by atoms with van der Waals surface area (Å²) in [6.45, 7) is 0. The Balaban J connectivity index is 2.48. The highest BCUT2D eigenvalue weighted by Gasteiger charge is 1.99. The Labute approximate surface area is 74.4 Å². The molecule has 0 amide bonds. The van der Waals surface area contributed by atoms with Crippen LogP contribution in [0.2, 0.25) is 5.02 Å². The first-order chi connectivity index (χ1) is 5.86. The molecule has 1 heterocycles. The van der Waals surface area contributed by atoms with Gasteiger partial charge in [-0.2, -0.15) is 5.10 Å². The minimum atomic E-state index is 0.698. The number of benzene rings is 1. The van der Waals surface area contributed by atoms with E-state index in [1.54, 1.807) is 0 Å². The van der Waals surface area contributed by atoms with Crippen molar-refractivity contribution in [3.05, 3.63) is 35.6 Å². The van der Waals surface area contributed by atoms with Crippen molar-refractivity contribution >= 4 is 11.6 Å². The van der Waals surface area contributed by atoms with E-state index in [1.807, 2.05) is 24.3 Å². The van der Waals surface area contributed by atoms with E-state index < -0.39 is 0 Å². The van der Waals surface area contributed by atoms with Crippen LogP contribution in [0.4, 0.5) is 0 Å². The lowest BCUT2D eigenvalue weighted by Crippen LogP contribution is -1.79. The zero-order chi connectivity index (χ0) is 8.39. The van der Waals surface area contributed by atoms with Crippen LogP contribution in [0.15, 0.2) is 30.6 Å². The number of H-pyrrole nitrogens is 1. The minimum Gasteiger partial charge on any atom is -0.259 e. The second-order valence-corrected chi connectivity index (χ2v) is 2.78. The third-order valence-corrected chi connectivity index (χ3v) is 1.75. The van der Waals surface area contributed by atoms with Gasteiger partial charge in [0.2, 0.25) is 0 Å². The fourth-order valence-electron chi connectivity index (χ4n) is 0.980. The number of halogens is 1. The fourth-order valence-corrected chi connectivity index (χ4v) is 1.17. The van der Waals surface area contributed by atoms with Gasteiger partial charge in [-0.1, -0.05) is 23.7 Å². The Hall–Kier alpha value is -1.35. The van der Waals surface area contributed by atoms with Crippen molar-refractivity contribution in [3.63, 3.8) is 0 Å². The molecule has 0 radical (unpaired) electrons. The number of nitrogens with zero attached hydrogens (tertiary/aromatic N) is 2. The van der Waals surface area contributed by atoms with Crippen molar-refractivity contribution in [3.8, 4) is 11.4 Å². The summed E-state index contributed by atoms with van der Waals surface area (Å²) in [6.07, 6.45) is 1.47. The van der Waals surface area contributed by atoms with E-state index >= 15 is 0 Å². The molecular weight excluding hydrogens is 174 g/mol. The van der Waals surface area contributed by atoms with E-state index in [9.17, 15) is 0 Å². The van der Waals surface area contributed by atoms with Gasteiger partial charge in [0.25, 0.3) is 0 Å². The molecule has 0 unspecified atom stereocenters. The lowest BCUT2D eigenvalue weighted by atomic mass is 10.2. The first-order valence-electron chi connectivity index (χ1n) is 3.47. The molecule has 0 aliphatic heterocycles. The molecule has 12 heavy (non-hydrogen) atoms. The van der Waals surface area contributed by atoms with Gasteiger partial charge < -0.3 is 0 Å². The zero-order valence-corrected chi connectivity index (χ0v) is 6.92. The zero-order valence-electron chi connectivity index (χ0n) is 6.16. The number of aromatic nitrogens is 3. The van der Waals surface area contributed by atoms with Gasteiger partial charge in [0.15, 0.2) is 5.82 Å². The quantitative estimate of drug-likeness (QED) is 0.729. The molecule has 3 nitrogen and oxygen atoms in total. The normalized spacial score (nSPS) is 10.1. The van der Waals surface area contributed by atoms with Crippen LogP contribution in [0, 0.1) is 0 Å². The summed E-state index contributed by atoms with van der Waals surface area (Å²) in [6, 6.07) is 7.45. The van der Waals surface area contributed by atoms with Gasteiger partial charge in [0, 0.05) is 10.6 Å². The maximum Gasteiger partial charge on any atom is 0.155 e. The van der Waals surface area contributed by atoms with Crippen molar-refractivity contribution in [2.24, 2.45) is 0 Å². The first-order valence-corrected chi connectivity index (χ1v) is 3.85. The summed E-state index contributed by atoms with van der Waals surface area (Å²) in [4.78, 5) is 4.00. The van der Waals surface area contributed by atoms with Crippen molar-refractivity contribution in [2.75, 3.05) is 0 Å². The summed E-state index contributed by atoms with van der Waals surface area (Å²) in [7, 11) is 0. The van der Waals surface area contributed by atoms with Crippen LogP contribution in [0.25, 0.3) is 11.4 Å². The average molecular weight is 180 g/mol. The molecule has 2 rings (SSSR count). The van der Waals surface area contributed by atoms with Crippen LogP contribution in [0.5, 0.6) is 0 Å². The van der Waals surface area contributed by atoms with Crippen LogP contribution in [0.1, 0.15) is 0 Å². The van der Waals surface area contributed by atoms with E-state index in [2.05, 4.69) is 15.2 Å². The molecular formula is C8H6ClN3. The Kier molecular flexibility index (Phi) is 1.80. The Bertz CT molecular complexity index is 370. The van der Waals surface area contributed by atoms with E-state index in [0.717, 1.165) is 11.4 Å². The number of aromatic amines is 1. The van der Waals surface area contributed by atoms with Gasteiger partial charge in [0.1, 0.15) is 6.33 Å². The molecule has 4 heteroatoms. The molecule has 1 aromatic heterocycles. The van der Waals surface area contributed by atoms with Crippen LogP contribution in [0.3, 0.4) is 0 Å². The molecule has 0 aliphatic carbocycles. The Morgan fingerprint density at radius 1 is 1.33 bits per heavy atom. The fraction of sp³-hybridized carbons (Fsp3) is 0. The Morgan fingerprint density at radius 3 is 2.92 bits per heavy atom. The van der Waals surface area contributed by atoms with Gasteiger partial charge in [-0.15, -0.1) is 0 Å². The lowest BCUT2D eigenvalue weighted by molar-refractivity contribution is 1.10. The molecule has 0 spiro atoms. The smallest absolute Gasteiger partial charge is 0.155 e. The topological polar surface area (TPSA) is 41.6 Å². The van der Waals surface area contributed by atoms with E-state index in [-0.39, 0.29) is 0 Å². The van der Waals surface area contributed by atoms with E-state index in [0.29, 0.717) is 5.02 Å². The van der Waals surface area contributed by atoms with E-state index in [4.69, 9.17) is 11.6 Å². The second kappa shape index (κ2) is 2.95. The monoisotopic (exact) mass is 179 g/mol. The van der Waals surface area contributed by atoms with Crippen LogP contribution < -0.4 is 0 Å². The molecule has 0 fully saturated rings. The number of rotatable bonds is 1. The molecule has 0 aliphatic rings. The third kappa shape index (κ3) is 1.31. The molecule has 2 aromatic rings. The SMILES string of the molecule is Clc1cccc(-c2ncn[nH]2)c1. The maximum absolute atomic E-state index is 5.80. The summed E-state index contributed by atoms with van der Waals surface area (Å²) in [5.41, 5.74) is 0.944. The molecule has 0 bridgehead atoms. The van der Waals surface area contributed by atoms with Crippen molar-refractivity contribution < 1.29 is 0 Å². The predicted octanol–water partition coefficient (Wildman–Crippen LogP) is 2.13. The van der Waals surface area contributed by atoms with Crippen molar-refractivity contribution in [1.29, 1.82) is 0 Å². The highest BCUT2D eigenvalue weighted by molar-refractivity contribution is 6.30. The number of hydrogen-bond acceptors (Lipinski definition) is 2.